The van der Waals surface area contributed by atoms with Crippen molar-refractivity contribution in [3.8, 4) is 11.8 Å². The Hall–Kier alpha value is -1.82. The molecule has 2 nitrogen and oxygen atoms in total. The zero-order valence-electron chi connectivity index (χ0n) is 11.9. The van der Waals surface area contributed by atoms with E-state index in [-0.39, 0.29) is 0 Å². The standard InChI is InChI=1S/C18H20O2/c1-3-6-17(19)11-12-18(2,20)16-10-9-14-7-4-5-8-15(14)13-16/h4-5,7-10,13,17,19-20H,3,6H2,1-2H3/t17-,18+/m1/s1. The lowest BCUT2D eigenvalue weighted by Crippen LogP contribution is -2.19. The molecule has 0 aromatic heterocycles. The van der Waals surface area contributed by atoms with Gasteiger partial charge in [-0.1, -0.05) is 61.6 Å². The van der Waals surface area contributed by atoms with Crippen LogP contribution in [0.15, 0.2) is 42.5 Å². The quantitative estimate of drug-likeness (QED) is 0.839. The summed E-state index contributed by atoms with van der Waals surface area (Å²) in [6.07, 6.45) is 0.821. The van der Waals surface area contributed by atoms with E-state index in [4.69, 9.17) is 0 Å². The van der Waals surface area contributed by atoms with E-state index in [9.17, 15) is 10.2 Å². The minimum Gasteiger partial charge on any atom is -0.380 e. The van der Waals surface area contributed by atoms with Crippen LogP contribution < -0.4 is 0 Å². The number of hydrogen-bond acceptors (Lipinski definition) is 2. The highest BCUT2D eigenvalue weighted by atomic mass is 16.3. The van der Waals surface area contributed by atoms with Gasteiger partial charge < -0.3 is 10.2 Å². The van der Waals surface area contributed by atoms with Gasteiger partial charge in [0.1, 0.15) is 11.7 Å². The zero-order valence-corrected chi connectivity index (χ0v) is 11.9. The summed E-state index contributed by atoms with van der Waals surface area (Å²) in [7, 11) is 0. The highest BCUT2D eigenvalue weighted by molar-refractivity contribution is 5.83. The first kappa shape index (κ1) is 14.6. The molecule has 2 N–H and O–H groups in total. The molecule has 2 aromatic carbocycles. The molecule has 0 radical (unpaired) electrons. The van der Waals surface area contributed by atoms with Crippen molar-refractivity contribution < 1.29 is 10.2 Å². The topological polar surface area (TPSA) is 40.5 Å². The Balaban J connectivity index is 2.31. The van der Waals surface area contributed by atoms with Crippen molar-refractivity contribution in [2.24, 2.45) is 0 Å². The molecule has 0 unspecified atom stereocenters. The Morgan fingerprint density at radius 3 is 2.55 bits per heavy atom. The molecule has 104 valence electrons. The van der Waals surface area contributed by atoms with E-state index in [1.54, 1.807) is 6.92 Å². The van der Waals surface area contributed by atoms with Gasteiger partial charge in [0.05, 0.1) is 0 Å². The second-order valence-corrected chi connectivity index (χ2v) is 5.21. The SMILES string of the molecule is CCC[C@@H](O)C#C[C@](C)(O)c1ccc2ccccc2c1. The summed E-state index contributed by atoms with van der Waals surface area (Å²) < 4.78 is 0. The molecule has 0 saturated heterocycles. The summed E-state index contributed by atoms with van der Waals surface area (Å²) in [6, 6.07) is 13.8. The monoisotopic (exact) mass is 268 g/mol. The van der Waals surface area contributed by atoms with Crippen molar-refractivity contribution >= 4 is 10.8 Å². The van der Waals surface area contributed by atoms with E-state index < -0.39 is 11.7 Å². The molecular formula is C18H20O2. The molecule has 2 heteroatoms. The van der Waals surface area contributed by atoms with Crippen molar-refractivity contribution in [2.45, 2.75) is 38.4 Å². The molecule has 2 atom stereocenters. The Bertz CT molecular complexity index is 647. The lowest BCUT2D eigenvalue weighted by atomic mass is 9.94. The lowest BCUT2D eigenvalue weighted by molar-refractivity contribution is 0.121. The van der Waals surface area contributed by atoms with Crippen LogP contribution in [0.25, 0.3) is 10.8 Å². The third-order valence-corrected chi connectivity index (χ3v) is 3.36. The predicted molar refractivity (Wildman–Crippen MR) is 82.2 cm³/mol. The number of aliphatic hydroxyl groups excluding tert-OH is 1. The maximum atomic E-state index is 10.5. The van der Waals surface area contributed by atoms with Gasteiger partial charge in [-0.2, -0.15) is 0 Å². The van der Waals surface area contributed by atoms with Crippen molar-refractivity contribution in [3.05, 3.63) is 48.0 Å². The highest BCUT2D eigenvalue weighted by Crippen LogP contribution is 2.24. The third-order valence-electron chi connectivity index (χ3n) is 3.36. The number of rotatable bonds is 3. The summed E-state index contributed by atoms with van der Waals surface area (Å²) in [5.41, 5.74) is -0.508. The summed E-state index contributed by atoms with van der Waals surface area (Å²) >= 11 is 0. The first-order valence-electron chi connectivity index (χ1n) is 6.95. The normalized spacial score (nSPS) is 15.2. The summed E-state index contributed by atoms with van der Waals surface area (Å²) in [5.74, 6) is 5.51. The highest BCUT2D eigenvalue weighted by Gasteiger charge is 2.20. The number of hydrogen-bond donors (Lipinski definition) is 2. The largest absolute Gasteiger partial charge is 0.380 e. The van der Waals surface area contributed by atoms with Gasteiger partial charge in [0.25, 0.3) is 0 Å². The van der Waals surface area contributed by atoms with E-state index in [0.29, 0.717) is 6.42 Å². The van der Waals surface area contributed by atoms with E-state index in [0.717, 1.165) is 22.8 Å². The van der Waals surface area contributed by atoms with Gasteiger partial charge >= 0.3 is 0 Å². The average Bonchev–Trinajstić information content (AvgIpc) is 2.45. The van der Waals surface area contributed by atoms with Crippen LogP contribution in [0, 0.1) is 11.8 Å². The molecule has 0 amide bonds. The number of fused-ring (bicyclic) bond motifs is 1. The Morgan fingerprint density at radius 2 is 1.85 bits per heavy atom. The molecule has 0 bridgehead atoms. The van der Waals surface area contributed by atoms with Crippen LogP contribution in [0.4, 0.5) is 0 Å². The molecule has 0 aliphatic rings. The fourth-order valence-corrected chi connectivity index (χ4v) is 2.13. The fourth-order valence-electron chi connectivity index (χ4n) is 2.13. The Kier molecular flexibility index (Phi) is 4.44. The van der Waals surface area contributed by atoms with Crippen molar-refractivity contribution in [2.75, 3.05) is 0 Å². The third kappa shape index (κ3) is 3.39. The zero-order chi connectivity index (χ0) is 14.6. The van der Waals surface area contributed by atoms with Crippen LogP contribution in [-0.2, 0) is 5.60 Å². The molecule has 0 aliphatic heterocycles. The van der Waals surface area contributed by atoms with Crippen LogP contribution in [0.3, 0.4) is 0 Å². The maximum absolute atomic E-state index is 10.5. The lowest BCUT2D eigenvalue weighted by Gasteiger charge is -2.18. The molecular weight excluding hydrogens is 248 g/mol. The van der Waals surface area contributed by atoms with Gasteiger partial charge in [-0.05, 0) is 35.7 Å². The van der Waals surface area contributed by atoms with Crippen molar-refractivity contribution in [3.63, 3.8) is 0 Å². The van der Waals surface area contributed by atoms with Crippen LogP contribution >= 0.6 is 0 Å². The van der Waals surface area contributed by atoms with Gasteiger partial charge in [0, 0.05) is 0 Å². The predicted octanol–water partition coefficient (Wildman–Crippen LogP) is 3.21. The van der Waals surface area contributed by atoms with E-state index in [2.05, 4.69) is 11.8 Å². The molecule has 0 aliphatic carbocycles. The van der Waals surface area contributed by atoms with Crippen molar-refractivity contribution in [1.29, 1.82) is 0 Å². The molecule has 0 saturated carbocycles. The smallest absolute Gasteiger partial charge is 0.148 e. The fraction of sp³-hybridized carbons (Fsp3) is 0.333. The van der Waals surface area contributed by atoms with Gasteiger partial charge in [0.15, 0.2) is 0 Å². The van der Waals surface area contributed by atoms with E-state index in [1.807, 2.05) is 49.4 Å². The molecule has 0 heterocycles. The average molecular weight is 268 g/mol. The van der Waals surface area contributed by atoms with Gasteiger partial charge in [-0.15, -0.1) is 0 Å². The second kappa shape index (κ2) is 6.09. The second-order valence-electron chi connectivity index (χ2n) is 5.21. The van der Waals surface area contributed by atoms with Crippen LogP contribution in [0.5, 0.6) is 0 Å². The first-order chi connectivity index (χ1) is 9.53. The minimum absolute atomic E-state index is 0.626. The first-order valence-corrected chi connectivity index (χ1v) is 6.95. The van der Waals surface area contributed by atoms with Crippen LogP contribution in [-0.4, -0.2) is 16.3 Å². The molecule has 0 fully saturated rings. The van der Waals surface area contributed by atoms with Crippen LogP contribution in [0.2, 0.25) is 0 Å². The van der Waals surface area contributed by atoms with Crippen LogP contribution in [0.1, 0.15) is 32.3 Å². The molecule has 20 heavy (non-hydrogen) atoms. The van der Waals surface area contributed by atoms with Gasteiger partial charge in [0.2, 0.25) is 0 Å². The number of benzene rings is 2. The molecule has 2 aromatic rings. The Labute approximate surface area is 120 Å². The maximum Gasteiger partial charge on any atom is 0.148 e. The Morgan fingerprint density at radius 1 is 1.15 bits per heavy atom. The minimum atomic E-state index is -1.25. The summed E-state index contributed by atoms with van der Waals surface area (Å²) in [4.78, 5) is 0. The van der Waals surface area contributed by atoms with E-state index >= 15 is 0 Å². The molecule has 2 rings (SSSR count). The summed E-state index contributed by atoms with van der Waals surface area (Å²) in [5, 5.41) is 22.3. The summed E-state index contributed by atoms with van der Waals surface area (Å²) in [6.45, 7) is 3.65. The van der Waals surface area contributed by atoms with Crippen molar-refractivity contribution in [1.82, 2.24) is 0 Å². The van der Waals surface area contributed by atoms with E-state index in [1.165, 1.54) is 0 Å². The molecule has 0 spiro atoms. The van der Waals surface area contributed by atoms with Gasteiger partial charge in [-0.25, -0.2) is 0 Å². The number of aliphatic hydroxyl groups is 2. The van der Waals surface area contributed by atoms with Gasteiger partial charge in [-0.3, -0.25) is 0 Å².